The Hall–Kier alpha value is -3.55. The zero-order chi connectivity index (χ0) is 21.2. The molecule has 0 aliphatic carbocycles. The van der Waals surface area contributed by atoms with E-state index in [1.807, 2.05) is 31.2 Å². The minimum atomic E-state index is -4.42. The number of hydrogen-bond acceptors (Lipinski definition) is 1. The highest BCUT2D eigenvalue weighted by atomic mass is 19.4. The van der Waals surface area contributed by atoms with Crippen molar-refractivity contribution in [3.05, 3.63) is 71.8 Å². The third kappa shape index (κ3) is 4.66. The standard InChI is InChI=1S/C21H19F3N4O/c1-13-2-4-14(5-3-13)17-10-11-18(28(17)12-19(29)27-20(25)26)15-6-8-16(9-7-15)21(22,23)24/h2-11H,12H2,1H3,(H4,25,26,27,29). The second-order valence-corrected chi connectivity index (χ2v) is 6.56. The van der Waals surface area contributed by atoms with Crippen LogP contribution >= 0.6 is 0 Å². The second-order valence-electron chi connectivity index (χ2n) is 6.56. The molecule has 0 spiro atoms. The first-order chi connectivity index (χ1) is 13.6. The van der Waals surface area contributed by atoms with Crippen LogP contribution in [0.1, 0.15) is 11.1 Å². The van der Waals surface area contributed by atoms with E-state index >= 15 is 0 Å². The van der Waals surface area contributed by atoms with Crippen molar-refractivity contribution < 1.29 is 18.0 Å². The van der Waals surface area contributed by atoms with Crippen LogP contribution in [0, 0.1) is 6.92 Å². The monoisotopic (exact) mass is 400 g/mol. The maximum absolute atomic E-state index is 12.9. The summed E-state index contributed by atoms with van der Waals surface area (Å²) >= 11 is 0. The van der Waals surface area contributed by atoms with E-state index in [0.717, 1.165) is 29.0 Å². The fourth-order valence-corrected chi connectivity index (χ4v) is 3.01. The third-order valence-corrected chi connectivity index (χ3v) is 4.38. The molecule has 8 heteroatoms. The Morgan fingerprint density at radius 3 is 1.83 bits per heavy atom. The largest absolute Gasteiger partial charge is 0.416 e. The number of nitrogens with two attached hydrogens (primary N) is 2. The topological polar surface area (TPSA) is 86.4 Å². The van der Waals surface area contributed by atoms with Crippen molar-refractivity contribution in [1.82, 2.24) is 4.57 Å². The number of carbonyl (C=O) groups excluding carboxylic acids is 1. The minimum Gasteiger partial charge on any atom is -0.370 e. The van der Waals surface area contributed by atoms with Crippen molar-refractivity contribution in [2.75, 3.05) is 0 Å². The molecule has 0 unspecified atom stereocenters. The highest BCUT2D eigenvalue weighted by molar-refractivity contribution is 5.92. The first-order valence-corrected chi connectivity index (χ1v) is 8.72. The predicted molar refractivity (Wildman–Crippen MR) is 106 cm³/mol. The van der Waals surface area contributed by atoms with Gasteiger partial charge in [0.05, 0.1) is 5.56 Å². The molecule has 1 amide bonds. The zero-order valence-corrected chi connectivity index (χ0v) is 15.6. The lowest BCUT2D eigenvalue weighted by Gasteiger charge is -2.13. The van der Waals surface area contributed by atoms with Crippen LogP contribution in [0.15, 0.2) is 65.7 Å². The molecule has 4 N–H and O–H groups in total. The molecule has 1 aromatic heterocycles. The molecule has 2 aromatic carbocycles. The maximum Gasteiger partial charge on any atom is 0.416 e. The normalized spacial score (nSPS) is 11.3. The Labute approximate surface area is 165 Å². The Bertz CT molecular complexity index is 1050. The number of carbonyl (C=O) groups is 1. The highest BCUT2D eigenvalue weighted by Gasteiger charge is 2.30. The Morgan fingerprint density at radius 2 is 1.38 bits per heavy atom. The molecule has 0 atom stereocenters. The van der Waals surface area contributed by atoms with Gasteiger partial charge in [0.25, 0.3) is 5.91 Å². The van der Waals surface area contributed by atoms with Gasteiger partial charge in [-0.2, -0.15) is 18.2 Å². The lowest BCUT2D eigenvalue weighted by Crippen LogP contribution is -2.25. The zero-order valence-electron chi connectivity index (χ0n) is 15.6. The molecular weight excluding hydrogens is 381 g/mol. The Morgan fingerprint density at radius 1 is 0.897 bits per heavy atom. The molecule has 5 nitrogen and oxygen atoms in total. The van der Waals surface area contributed by atoms with Gasteiger partial charge in [-0.1, -0.05) is 42.0 Å². The molecule has 29 heavy (non-hydrogen) atoms. The Kier molecular flexibility index (Phi) is 5.45. The van der Waals surface area contributed by atoms with E-state index in [1.54, 1.807) is 16.7 Å². The molecule has 0 aliphatic rings. The van der Waals surface area contributed by atoms with E-state index in [0.29, 0.717) is 11.3 Å². The van der Waals surface area contributed by atoms with Crippen molar-refractivity contribution in [1.29, 1.82) is 0 Å². The van der Waals surface area contributed by atoms with Crippen molar-refractivity contribution in [3.8, 4) is 22.5 Å². The van der Waals surface area contributed by atoms with Gasteiger partial charge in [0, 0.05) is 11.4 Å². The molecule has 0 radical (unpaired) electrons. The van der Waals surface area contributed by atoms with Gasteiger partial charge in [-0.05, 0) is 42.3 Å². The number of alkyl halides is 3. The maximum atomic E-state index is 12.9. The van der Waals surface area contributed by atoms with Crippen LogP contribution in [0.4, 0.5) is 13.2 Å². The number of nitrogens with zero attached hydrogens (tertiary/aromatic N) is 2. The number of aryl methyl sites for hydroxylation is 1. The first kappa shape index (κ1) is 20.2. The SMILES string of the molecule is Cc1ccc(-c2ccc(-c3ccc(C(F)(F)F)cc3)n2CC(=O)N=C(N)N)cc1. The van der Waals surface area contributed by atoms with E-state index in [4.69, 9.17) is 11.5 Å². The molecule has 0 saturated carbocycles. The minimum absolute atomic E-state index is 0.162. The van der Waals surface area contributed by atoms with Crippen molar-refractivity contribution in [2.45, 2.75) is 19.6 Å². The number of guanidine groups is 1. The molecule has 0 bridgehead atoms. The summed E-state index contributed by atoms with van der Waals surface area (Å²) in [6, 6.07) is 16.0. The highest BCUT2D eigenvalue weighted by Crippen LogP contribution is 2.33. The van der Waals surface area contributed by atoms with Gasteiger partial charge < -0.3 is 16.0 Å². The summed E-state index contributed by atoms with van der Waals surface area (Å²) in [6.45, 7) is 1.79. The number of hydrogen-bond donors (Lipinski definition) is 2. The summed E-state index contributed by atoms with van der Waals surface area (Å²) in [6.07, 6.45) is -4.42. The van der Waals surface area contributed by atoms with Gasteiger partial charge >= 0.3 is 6.18 Å². The van der Waals surface area contributed by atoms with E-state index in [2.05, 4.69) is 4.99 Å². The van der Waals surface area contributed by atoms with Crippen LogP contribution < -0.4 is 11.5 Å². The second kappa shape index (κ2) is 7.83. The Balaban J connectivity index is 2.08. The van der Waals surface area contributed by atoms with E-state index < -0.39 is 17.6 Å². The number of aromatic nitrogens is 1. The van der Waals surface area contributed by atoms with Crippen molar-refractivity contribution in [2.24, 2.45) is 16.5 Å². The van der Waals surface area contributed by atoms with Crippen LogP contribution in [0.2, 0.25) is 0 Å². The predicted octanol–water partition coefficient (Wildman–Crippen LogP) is 3.95. The van der Waals surface area contributed by atoms with Crippen molar-refractivity contribution in [3.63, 3.8) is 0 Å². The summed E-state index contributed by atoms with van der Waals surface area (Å²) in [5.41, 5.74) is 13.6. The summed E-state index contributed by atoms with van der Waals surface area (Å²) in [5.74, 6) is -0.919. The summed E-state index contributed by atoms with van der Waals surface area (Å²) in [7, 11) is 0. The van der Waals surface area contributed by atoms with Gasteiger partial charge in [0.1, 0.15) is 6.54 Å². The lowest BCUT2D eigenvalue weighted by molar-refractivity contribution is -0.137. The summed E-state index contributed by atoms with van der Waals surface area (Å²) in [4.78, 5) is 15.8. The molecule has 0 aliphatic heterocycles. The average molecular weight is 400 g/mol. The molecule has 1 heterocycles. The van der Waals surface area contributed by atoms with Gasteiger partial charge in [-0.3, -0.25) is 4.79 Å². The first-order valence-electron chi connectivity index (χ1n) is 8.72. The van der Waals surface area contributed by atoms with Crippen LogP contribution in [-0.2, 0) is 17.5 Å². The number of rotatable bonds is 4. The lowest BCUT2D eigenvalue weighted by atomic mass is 10.1. The molecule has 0 saturated heterocycles. The van der Waals surface area contributed by atoms with Crippen LogP contribution in [0.5, 0.6) is 0 Å². The van der Waals surface area contributed by atoms with Gasteiger partial charge in [-0.15, -0.1) is 0 Å². The van der Waals surface area contributed by atoms with Gasteiger partial charge in [-0.25, -0.2) is 0 Å². The van der Waals surface area contributed by atoms with E-state index in [9.17, 15) is 18.0 Å². The van der Waals surface area contributed by atoms with Crippen LogP contribution in [0.3, 0.4) is 0 Å². The number of benzene rings is 2. The third-order valence-electron chi connectivity index (χ3n) is 4.38. The molecule has 3 rings (SSSR count). The number of aliphatic imine (C=N–C) groups is 1. The fourth-order valence-electron chi connectivity index (χ4n) is 3.01. The van der Waals surface area contributed by atoms with E-state index in [-0.39, 0.29) is 12.5 Å². The number of halogens is 3. The number of amides is 1. The molecule has 0 fully saturated rings. The summed E-state index contributed by atoms with van der Waals surface area (Å²) in [5, 5.41) is 0. The van der Waals surface area contributed by atoms with E-state index in [1.165, 1.54) is 12.1 Å². The summed E-state index contributed by atoms with van der Waals surface area (Å²) < 4.78 is 40.3. The molecule has 3 aromatic rings. The molecule has 150 valence electrons. The smallest absolute Gasteiger partial charge is 0.370 e. The van der Waals surface area contributed by atoms with Crippen molar-refractivity contribution >= 4 is 11.9 Å². The van der Waals surface area contributed by atoms with Crippen LogP contribution in [0.25, 0.3) is 22.5 Å². The molecular formula is C21H19F3N4O. The van der Waals surface area contributed by atoms with Gasteiger partial charge in [0.2, 0.25) is 0 Å². The van der Waals surface area contributed by atoms with Crippen LogP contribution in [-0.4, -0.2) is 16.4 Å². The fraction of sp³-hybridized carbons (Fsp3) is 0.143. The average Bonchev–Trinajstić information content (AvgIpc) is 3.04. The quantitative estimate of drug-likeness (QED) is 0.514. The van der Waals surface area contributed by atoms with Gasteiger partial charge in [0.15, 0.2) is 5.96 Å².